The maximum Gasteiger partial charge on any atom is 0.320 e. The topological polar surface area (TPSA) is 43.8 Å². The van der Waals surface area contributed by atoms with Gasteiger partial charge in [-0.3, -0.25) is 0 Å². The van der Waals surface area contributed by atoms with Gasteiger partial charge in [-0.05, 0) is 26.2 Å². The van der Waals surface area contributed by atoms with Crippen LogP contribution in [0.4, 0.5) is 4.79 Å². The van der Waals surface area contributed by atoms with Crippen LogP contribution >= 0.6 is 0 Å². The number of piperidine rings is 1. The standard InChI is InChI=1S/C10H20N2O2/c1-3-11(2)10(14)12-7-5-4-6-9(12)8-13/h9,13H,3-8H2,1-2H3. The van der Waals surface area contributed by atoms with E-state index in [1.54, 1.807) is 16.8 Å². The lowest BCUT2D eigenvalue weighted by Gasteiger charge is -2.36. The predicted molar refractivity (Wildman–Crippen MR) is 55.1 cm³/mol. The van der Waals surface area contributed by atoms with Gasteiger partial charge in [0.2, 0.25) is 0 Å². The van der Waals surface area contributed by atoms with E-state index in [-0.39, 0.29) is 18.7 Å². The van der Waals surface area contributed by atoms with E-state index < -0.39 is 0 Å². The van der Waals surface area contributed by atoms with Crippen LogP contribution in [0.2, 0.25) is 0 Å². The van der Waals surface area contributed by atoms with Crippen molar-refractivity contribution in [2.24, 2.45) is 0 Å². The molecule has 1 atom stereocenters. The van der Waals surface area contributed by atoms with Crippen molar-refractivity contribution in [3.8, 4) is 0 Å². The Bertz CT molecular complexity index is 197. The van der Waals surface area contributed by atoms with Gasteiger partial charge in [0, 0.05) is 20.1 Å². The number of hydrogen-bond acceptors (Lipinski definition) is 2. The fourth-order valence-electron chi connectivity index (χ4n) is 1.80. The molecule has 82 valence electrons. The molecule has 0 spiro atoms. The number of rotatable bonds is 2. The summed E-state index contributed by atoms with van der Waals surface area (Å²) in [6.07, 6.45) is 3.10. The lowest BCUT2D eigenvalue weighted by molar-refractivity contribution is 0.0907. The normalized spacial score (nSPS) is 22.2. The third-order valence-corrected chi connectivity index (χ3v) is 2.88. The lowest BCUT2D eigenvalue weighted by atomic mass is 10.0. The van der Waals surface area contributed by atoms with Crippen LogP contribution in [0.15, 0.2) is 0 Å². The summed E-state index contributed by atoms with van der Waals surface area (Å²) in [6.45, 7) is 3.54. The van der Waals surface area contributed by atoms with Crippen LogP contribution in [0, 0.1) is 0 Å². The fraction of sp³-hybridized carbons (Fsp3) is 0.900. The Morgan fingerprint density at radius 1 is 1.57 bits per heavy atom. The van der Waals surface area contributed by atoms with Crippen molar-refractivity contribution in [3.63, 3.8) is 0 Å². The van der Waals surface area contributed by atoms with Crippen molar-refractivity contribution < 1.29 is 9.90 Å². The highest BCUT2D eigenvalue weighted by atomic mass is 16.3. The summed E-state index contributed by atoms with van der Waals surface area (Å²) in [5.41, 5.74) is 0. The van der Waals surface area contributed by atoms with E-state index in [0.29, 0.717) is 6.54 Å². The number of aliphatic hydroxyl groups is 1. The minimum atomic E-state index is 0.0326. The first-order chi connectivity index (χ1) is 6.70. The molecule has 1 aliphatic rings. The minimum Gasteiger partial charge on any atom is -0.394 e. The molecule has 1 unspecified atom stereocenters. The highest BCUT2D eigenvalue weighted by Crippen LogP contribution is 2.17. The Labute approximate surface area is 85.5 Å². The molecule has 1 aliphatic heterocycles. The molecule has 0 aromatic rings. The predicted octanol–water partition coefficient (Wildman–Crippen LogP) is 0.905. The van der Waals surface area contributed by atoms with E-state index in [2.05, 4.69) is 0 Å². The number of nitrogens with zero attached hydrogens (tertiary/aromatic N) is 2. The minimum absolute atomic E-state index is 0.0326. The summed E-state index contributed by atoms with van der Waals surface area (Å²) in [6, 6.07) is 0.0801. The third-order valence-electron chi connectivity index (χ3n) is 2.88. The van der Waals surface area contributed by atoms with Crippen molar-refractivity contribution >= 4 is 6.03 Å². The van der Waals surface area contributed by atoms with Gasteiger partial charge in [-0.15, -0.1) is 0 Å². The van der Waals surface area contributed by atoms with Gasteiger partial charge in [-0.1, -0.05) is 0 Å². The van der Waals surface area contributed by atoms with Crippen LogP contribution in [-0.4, -0.2) is 53.7 Å². The molecule has 1 heterocycles. The molecule has 1 saturated heterocycles. The number of likely N-dealkylation sites (tertiary alicyclic amines) is 1. The zero-order chi connectivity index (χ0) is 10.6. The molecule has 2 amide bonds. The average Bonchev–Trinajstić information content (AvgIpc) is 2.26. The summed E-state index contributed by atoms with van der Waals surface area (Å²) >= 11 is 0. The number of carbonyl (C=O) groups is 1. The highest BCUT2D eigenvalue weighted by molar-refractivity contribution is 5.74. The number of hydrogen-bond donors (Lipinski definition) is 1. The Kier molecular flexibility index (Phi) is 4.20. The second kappa shape index (κ2) is 5.20. The van der Waals surface area contributed by atoms with Gasteiger partial charge < -0.3 is 14.9 Å². The van der Waals surface area contributed by atoms with Crippen LogP contribution in [0.25, 0.3) is 0 Å². The monoisotopic (exact) mass is 200 g/mol. The fourth-order valence-corrected chi connectivity index (χ4v) is 1.80. The van der Waals surface area contributed by atoms with Crippen molar-refractivity contribution in [1.29, 1.82) is 0 Å². The van der Waals surface area contributed by atoms with E-state index in [1.165, 1.54) is 0 Å². The number of urea groups is 1. The number of carbonyl (C=O) groups excluding carboxylic acids is 1. The molecule has 0 aromatic heterocycles. The molecule has 0 saturated carbocycles. The van der Waals surface area contributed by atoms with Crippen molar-refractivity contribution in [3.05, 3.63) is 0 Å². The highest BCUT2D eigenvalue weighted by Gasteiger charge is 2.27. The van der Waals surface area contributed by atoms with Gasteiger partial charge >= 0.3 is 6.03 Å². The van der Waals surface area contributed by atoms with E-state index in [1.807, 2.05) is 6.92 Å². The Hall–Kier alpha value is -0.770. The van der Waals surface area contributed by atoms with Crippen LogP contribution in [0.3, 0.4) is 0 Å². The SMILES string of the molecule is CCN(C)C(=O)N1CCCCC1CO. The molecule has 4 nitrogen and oxygen atoms in total. The molecule has 1 fully saturated rings. The summed E-state index contributed by atoms with van der Waals surface area (Å²) in [4.78, 5) is 15.3. The maximum absolute atomic E-state index is 11.8. The molecule has 0 aromatic carbocycles. The van der Waals surface area contributed by atoms with E-state index in [0.717, 1.165) is 25.8 Å². The molecule has 0 aliphatic carbocycles. The summed E-state index contributed by atoms with van der Waals surface area (Å²) in [5.74, 6) is 0. The molecule has 0 radical (unpaired) electrons. The van der Waals surface area contributed by atoms with Gasteiger partial charge in [0.05, 0.1) is 12.6 Å². The smallest absolute Gasteiger partial charge is 0.320 e. The van der Waals surface area contributed by atoms with Gasteiger partial charge in [0.1, 0.15) is 0 Å². The quantitative estimate of drug-likeness (QED) is 0.720. The molecule has 4 heteroatoms. The van der Waals surface area contributed by atoms with E-state index in [9.17, 15) is 4.79 Å². The second-order valence-electron chi connectivity index (χ2n) is 3.82. The molecule has 1 N–H and O–H groups in total. The Morgan fingerprint density at radius 2 is 2.29 bits per heavy atom. The largest absolute Gasteiger partial charge is 0.394 e. The molecular formula is C10H20N2O2. The van der Waals surface area contributed by atoms with Gasteiger partial charge in [0.15, 0.2) is 0 Å². The van der Waals surface area contributed by atoms with Crippen LogP contribution in [0.1, 0.15) is 26.2 Å². The second-order valence-corrected chi connectivity index (χ2v) is 3.82. The number of amides is 2. The van der Waals surface area contributed by atoms with Gasteiger partial charge in [0.25, 0.3) is 0 Å². The first kappa shape index (κ1) is 11.3. The van der Waals surface area contributed by atoms with Crippen molar-refractivity contribution in [2.75, 3.05) is 26.7 Å². The van der Waals surface area contributed by atoms with Gasteiger partial charge in [-0.2, -0.15) is 0 Å². The lowest BCUT2D eigenvalue weighted by Crippen LogP contribution is -2.50. The first-order valence-electron chi connectivity index (χ1n) is 5.33. The van der Waals surface area contributed by atoms with Crippen molar-refractivity contribution in [2.45, 2.75) is 32.2 Å². The van der Waals surface area contributed by atoms with Crippen LogP contribution in [0.5, 0.6) is 0 Å². The van der Waals surface area contributed by atoms with Crippen molar-refractivity contribution in [1.82, 2.24) is 9.80 Å². The Balaban J connectivity index is 2.58. The number of aliphatic hydroxyl groups excluding tert-OH is 1. The zero-order valence-electron chi connectivity index (χ0n) is 9.07. The van der Waals surface area contributed by atoms with Gasteiger partial charge in [-0.25, -0.2) is 4.79 Å². The third kappa shape index (κ3) is 2.38. The molecule has 14 heavy (non-hydrogen) atoms. The zero-order valence-corrected chi connectivity index (χ0v) is 9.07. The van der Waals surface area contributed by atoms with Crippen LogP contribution in [-0.2, 0) is 0 Å². The van der Waals surface area contributed by atoms with E-state index >= 15 is 0 Å². The van der Waals surface area contributed by atoms with E-state index in [4.69, 9.17) is 5.11 Å². The first-order valence-corrected chi connectivity index (χ1v) is 5.33. The van der Waals surface area contributed by atoms with Crippen LogP contribution < -0.4 is 0 Å². The summed E-state index contributed by atoms with van der Waals surface area (Å²) in [7, 11) is 1.80. The molecule has 0 bridgehead atoms. The molecule has 1 rings (SSSR count). The summed E-state index contributed by atoms with van der Waals surface area (Å²) in [5, 5.41) is 9.15. The maximum atomic E-state index is 11.8. The average molecular weight is 200 g/mol. The molecular weight excluding hydrogens is 180 g/mol. The Morgan fingerprint density at radius 3 is 2.86 bits per heavy atom. The summed E-state index contributed by atoms with van der Waals surface area (Å²) < 4.78 is 0.